The van der Waals surface area contributed by atoms with E-state index in [2.05, 4.69) is 0 Å². The Balaban J connectivity index is 1.73. The smallest absolute Gasteiger partial charge is 0.289 e. The number of nitrogens with zero attached hydrogens (tertiary/aromatic N) is 4. The number of imide groups is 1. The lowest BCUT2D eigenvalue weighted by Crippen LogP contribution is -2.41. The highest BCUT2D eigenvalue weighted by Crippen LogP contribution is 2.32. The molecule has 3 amide bonds. The highest BCUT2D eigenvalue weighted by molar-refractivity contribution is 6.21. The minimum absolute atomic E-state index is 0.211. The van der Waals surface area contributed by atoms with E-state index in [-0.39, 0.29) is 35.7 Å². The molecule has 0 bridgehead atoms. The number of nitro groups is 2. The van der Waals surface area contributed by atoms with Crippen LogP contribution in [0.15, 0.2) is 66.7 Å². The first-order chi connectivity index (χ1) is 17.2. The van der Waals surface area contributed by atoms with Gasteiger partial charge in [0, 0.05) is 19.2 Å². The standard InChI is InChI=1S/C24H18N4O8/c1-36-21-9-5-4-8-19(21)25(12-13-26-22(29)16-6-2-3-7-17(16)23(26)30)24(31)18-11-10-15(27(32)33)14-20(18)28(34)35/h2-11,14H,12-13H2,1H3. The van der Waals surface area contributed by atoms with Crippen LogP contribution in [-0.2, 0) is 0 Å². The van der Waals surface area contributed by atoms with Gasteiger partial charge in [-0.3, -0.25) is 39.5 Å². The van der Waals surface area contributed by atoms with Crippen molar-refractivity contribution in [3.05, 3.63) is 104 Å². The summed E-state index contributed by atoms with van der Waals surface area (Å²) in [6, 6.07) is 15.4. The number of rotatable bonds is 8. The first kappa shape index (κ1) is 24.0. The summed E-state index contributed by atoms with van der Waals surface area (Å²) in [5, 5.41) is 22.8. The second kappa shape index (κ2) is 9.62. The van der Waals surface area contributed by atoms with Crippen molar-refractivity contribution in [3.63, 3.8) is 0 Å². The average molecular weight is 490 g/mol. The zero-order chi connectivity index (χ0) is 26.0. The van der Waals surface area contributed by atoms with Gasteiger partial charge in [-0.05, 0) is 30.3 Å². The fraction of sp³-hybridized carbons (Fsp3) is 0.125. The minimum atomic E-state index is -0.884. The van der Waals surface area contributed by atoms with Crippen molar-refractivity contribution < 1.29 is 29.0 Å². The summed E-state index contributed by atoms with van der Waals surface area (Å²) >= 11 is 0. The molecule has 12 nitrogen and oxygen atoms in total. The maximum atomic E-state index is 13.6. The Morgan fingerprint density at radius 1 is 0.917 bits per heavy atom. The van der Waals surface area contributed by atoms with E-state index in [1.165, 1.54) is 25.3 Å². The molecule has 36 heavy (non-hydrogen) atoms. The van der Waals surface area contributed by atoms with Crippen LogP contribution in [0.4, 0.5) is 17.1 Å². The van der Waals surface area contributed by atoms with Gasteiger partial charge in [-0.2, -0.15) is 0 Å². The van der Waals surface area contributed by atoms with Gasteiger partial charge in [-0.1, -0.05) is 24.3 Å². The van der Waals surface area contributed by atoms with Crippen molar-refractivity contribution >= 4 is 34.8 Å². The van der Waals surface area contributed by atoms with Gasteiger partial charge in [0.1, 0.15) is 11.3 Å². The molecular formula is C24H18N4O8. The Morgan fingerprint density at radius 2 is 1.53 bits per heavy atom. The molecule has 1 aliphatic heterocycles. The minimum Gasteiger partial charge on any atom is -0.495 e. The number of fused-ring (bicyclic) bond motifs is 1. The second-order valence-corrected chi connectivity index (χ2v) is 7.65. The summed E-state index contributed by atoms with van der Waals surface area (Å²) in [4.78, 5) is 62.4. The van der Waals surface area contributed by atoms with Crippen molar-refractivity contribution in [1.82, 2.24) is 4.90 Å². The van der Waals surface area contributed by atoms with Crippen molar-refractivity contribution in [2.24, 2.45) is 0 Å². The Kier molecular flexibility index (Phi) is 6.42. The molecule has 0 spiro atoms. The van der Waals surface area contributed by atoms with Crippen LogP contribution in [0.1, 0.15) is 31.1 Å². The molecule has 0 atom stereocenters. The summed E-state index contributed by atoms with van der Waals surface area (Å²) in [5.74, 6) is -1.65. The predicted molar refractivity (Wildman–Crippen MR) is 126 cm³/mol. The van der Waals surface area contributed by atoms with Crippen LogP contribution >= 0.6 is 0 Å². The third kappa shape index (κ3) is 4.22. The van der Waals surface area contributed by atoms with E-state index < -0.39 is 44.5 Å². The number of non-ortho nitro benzene ring substituents is 1. The first-order valence-electron chi connectivity index (χ1n) is 10.6. The number of methoxy groups -OCH3 is 1. The van der Waals surface area contributed by atoms with Gasteiger partial charge < -0.3 is 9.64 Å². The van der Waals surface area contributed by atoms with Crippen LogP contribution in [-0.4, -0.2) is 52.7 Å². The number of ether oxygens (including phenoxy) is 1. The summed E-state index contributed by atoms with van der Waals surface area (Å²) in [5.41, 5.74) is -0.997. The number of hydrogen-bond donors (Lipinski definition) is 0. The quantitative estimate of drug-likeness (QED) is 0.264. The van der Waals surface area contributed by atoms with Crippen LogP contribution in [0.3, 0.4) is 0 Å². The van der Waals surface area contributed by atoms with Crippen LogP contribution in [0.5, 0.6) is 5.75 Å². The predicted octanol–water partition coefficient (Wildman–Crippen LogP) is 3.45. The van der Waals surface area contributed by atoms with Gasteiger partial charge >= 0.3 is 0 Å². The number of hydrogen-bond acceptors (Lipinski definition) is 8. The lowest BCUT2D eigenvalue weighted by atomic mass is 10.1. The van der Waals surface area contributed by atoms with Crippen molar-refractivity contribution in [2.45, 2.75) is 0 Å². The molecule has 0 radical (unpaired) electrons. The molecule has 0 N–H and O–H groups in total. The monoisotopic (exact) mass is 490 g/mol. The zero-order valence-electron chi connectivity index (χ0n) is 18.8. The number of nitro benzene ring substituents is 2. The molecule has 3 aromatic carbocycles. The molecule has 0 aromatic heterocycles. The Morgan fingerprint density at radius 3 is 2.11 bits per heavy atom. The van der Waals surface area contributed by atoms with Crippen LogP contribution in [0.2, 0.25) is 0 Å². The molecular weight excluding hydrogens is 472 g/mol. The fourth-order valence-corrected chi connectivity index (χ4v) is 3.94. The lowest BCUT2D eigenvalue weighted by molar-refractivity contribution is -0.394. The number of carbonyl (C=O) groups excluding carboxylic acids is 3. The van der Waals surface area contributed by atoms with E-state index in [0.717, 1.165) is 21.9 Å². The molecule has 0 saturated carbocycles. The Hall–Kier alpha value is -5.13. The van der Waals surface area contributed by atoms with Gasteiger partial charge in [0.05, 0.1) is 39.8 Å². The summed E-state index contributed by atoms with van der Waals surface area (Å²) in [6.45, 7) is -0.435. The molecule has 0 fully saturated rings. The average Bonchev–Trinajstić information content (AvgIpc) is 3.13. The molecule has 0 saturated heterocycles. The molecule has 1 heterocycles. The third-order valence-electron chi connectivity index (χ3n) is 5.67. The van der Waals surface area contributed by atoms with E-state index in [1.54, 1.807) is 30.3 Å². The van der Waals surface area contributed by atoms with E-state index in [0.29, 0.717) is 6.07 Å². The molecule has 1 aliphatic rings. The topological polar surface area (TPSA) is 153 Å². The maximum Gasteiger partial charge on any atom is 0.289 e. The number of benzene rings is 3. The van der Waals surface area contributed by atoms with E-state index in [4.69, 9.17) is 4.74 Å². The second-order valence-electron chi connectivity index (χ2n) is 7.65. The highest BCUT2D eigenvalue weighted by Gasteiger charge is 2.36. The van der Waals surface area contributed by atoms with Gasteiger partial charge in [0.2, 0.25) is 0 Å². The number of anilines is 1. The Labute approximate surface area is 203 Å². The molecule has 12 heteroatoms. The van der Waals surface area contributed by atoms with Crippen molar-refractivity contribution in [2.75, 3.05) is 25.1 Å². The fourth-order valence-electron chi connectivity index (χ4n) is 3.94. The third-order valence-corrected chi connectivity index (χ3v) is 5.67. The van der Waals surface area contributed by atoms with E-state index in [1.807, 2.05) is 0 Å². The normalized spacial score (nSPS) is 12.3. The van der Waals surface area contributed by atoms with E-state index in [9.17, 15) is 34.6 Å². The molecule has 3 aromatic rings. The maximum absolute atomic E-state index is 13.6. The van der Waals surface area contributed by atoms with Crippen LogP contribution < -0.4 is 9.64 Å². The molecule has 4 rings (SSSR count). The SMILES string of the molecule is COc1ccccc1N(CCN1C(=O)c2ccccc2C1=O)C(=O)c1ccc([N+](=O)[O-])cc1[N+](=O)[O-]. The summed E-state index contributed by atoms with van der Waals surface area (Å²) in [7, 11) is 1.37. The Bertz CT molecular complexity index is 1390. The molecule has 0 unspecified atom stereocenters. The first-order valence-corrected chi connectivity index (χ1v) is 10.6. The zero-order valence-corrected chi connectivity index (χ0v) is 18.8. The summed E-state index contributed by atoms with van der Waals surface area (Å²) < 4.78 is 5.34. The van der Waals surface area contributed by atoms with Crippen LogP contribution in [0, 0.1) is 20.2 Å². The number of para-hydroxylation sites is 2. The summed E-state index contributed by atoms with van der Waals surface area (Å²) in [6.07, 6.45) is 0. The highest BCUT2D eigenvalue weighted by atomic mass is 16.6. The number of amides is 3. The number of carbonyl (C=O) groups is 3. The lowest BCUT2D eigenvalue weighted by Gasteiger charge is -2.26. The van der Waals surface area contributed by atoms with Gasteiger partial charge in [0.25, 0.3) is 29.1 Å². The molecule has 182 valence electrons. The largest absolute Gasteiger partial charge is 0.495 e. The van der Waals surface area contributed by atoms with Gasteiger partial charge in [0.15, 0.2) is 0 Å². The van der Waals surface area contributed by atoms with Crippen molar-refractivity contribution in [1.29, 1.82) is 0 Å². The van der Waals surface area contributed by atoms with Gasteiger partial charge in [-0.25, -0.2) is 0 Å². The van der Waals surface area contributed by atoms with Crippen molar-refractivity contribution in [3.8, 4) is 5.75 Å². The van der Waals surface area contributed by atoms with Gasteiger partial charge in [-0.15, -0.1) is 0 Å². The van der Waals surface area contributed by atoms with Crippen LogP contribution in [0.25, 0.3) is 0 Å². The molecule has 0 aliphatic carbocycles. The van der Waals surface area contributed by atoms with E-state index >= 15 is 0 Å².